The molecule has 2 aromatic rings. The summed E-state index contributed by atoms with van der Waals surface area (Å²) in [6.07, 6.45) is -3.97. The lowest BCUT2D eigenvalue weighted by Gasteiger charge is -2.30. The molecule has 0 aliphatic carbocycles. The van der Waals surface area contributed by atoms with Gasteiger partial charge in [0.2, 0.25) is 11.8 Å². The Hall–Kier alpha value is -3.44. The number of rotatable bonds is 7. The van der Waals surface area contributed by atoms with E-state index in [1.54, 1.807) is 18.2 Å². The Balaban J connectivity index is 1.86. The summed E-state index contributed by atoms with van der Waals surface area (Å²) >= 11 is 0. The zero-order valence-electron chi connectivity index (χ0n) is 19.5. The number of aliphatic hydroxyl groups is 1. The molecule has 36 heavy (non-hydrogen) atoms. The topological polar surface area (TPSA) is 116 Å². The molecule has 0 aromatic heterocycles. The second kappa shape index (κ2) is 9.21. The van der Waals surface area contributed by atoms with E-state index < -0.39 is 59.9 Å². The number of fused-ring (bicyclic) bond motifs is 1. The third-order valence-electron chi connectivity index (χ3n) is 6.92. The predicted molar refractivity (Wildman–Crippen MR) is 121 cm³/mol. The summed E-state index contributed by atoms with van der Waals surface area (Å²) in [4.78, 5) is 41.0. The highest BCUT2D eigenvalue weighted by atomic mass is 19.4. The molecule has 11 heteroatoms. The van der Waals surface area contributed by atoms with Crippen molar-refractivity contribution in [3.63, 3.8) is 0 Å². The molecular formula is C25H25F3N2O6. The first-order valence-corrected chi connectivity index (χ1v) is 11.4. The zero-order valence-corrected chi connectivity index (χ0v) is 19.5. The van der Waals surface area contributed by atoms with Gasteiger partial charge in [0.15, 0.2) is 5.54 Å². The number of aryl methyl sites for hydroxylation is 2. The van der Waals surface area contributed by atoms with Crippen molar-refractivity contribution in [2.24, 2.45) is 11.8 Å². The van der Waals surface area contributed by atoms with Crippen LogP contribution in [-0.4, -0.2) is 46.5 Å². The fourth-order valence-corrected chi connectivity index (χ4v) is 5.33. The minimum Gasteiger partial charge on any atom is -0.480 e. The lowest BCUT2D eigenvalue weighted by Crippen LogP contribution is -2.58. The Bertz CT molecular complexity index is 1190. The molecule has 2 aliphatic rings. The smallest absolute Gasteiger partial charge is 0.480 e. The Morgan fingerprint density at radius 3 is 2.22 bits per heavy atom. The lowest BCUT2D eigenvalue weighted by molar-refractivity contribution is -0.274. The Labute approximate surface area is 204 Å². The lowest BCUT2D eigenvalue weighted by atomic mass is 9.79. The molecule has 192 valence electrons. The van der Waals surface area contributed by atoms with Gasteiger partial charge in [0.25, 0.3) is 0 Å². The third-order valence-corrected chi connectivity index (χ3v) is 6.92. The number of aliphatic carboxylic acids is 1. The standard InChI is InChI=1S/C25H25F3N2O6/c1-3-13-7-5-8-14(4-2)20(13)30-21(32)17-18(22(30)33)24(12-31,23(34)35)29-19(17)15-9-6-10-16(11-15)36-25(26,27)28/h5-11,17-19,29,31H,3-4,12H2,1-2H3,(H,34,35). The molecule has 2 saturated heterocycles. The predicted octanol–water partition coefficient (Wildman–Crippen LogP) is 2.98. The van der Waals surface area contributed by atoms with Gasteiger partial charge >= 0.3 is 12.3 Å². The van der Waals surface area contributed by atoms with Crippen LogP contribution in [0.5, 0.6) is 5.75 Å². The van der Waals surface area contributed by atoms with Crippen LogP contribution in [0.2, 0.25) is 0 Å². The van der Waals surface area contributed by atoms with Gasteiger partial charge in [-0.05, 0) is 41.7 Å². The van der Waals surface area contributed by atoms with Gasteiger partial charge in [-0.2, -0.15) is 0 Å². The van der Waals surface area contributed by atoms with Crippen molar-refractivity contribution in [1.29, 1.82) is 0 Å². The number of ether oxygens (including phenoxy) is 1. The van der Waals surface area contributed by atoms with Gasteiger partial charge in [-0.25, -0.2) is 4.90 Å². The molecule has 0 radical (unpaired) electrons. The number of carbonyl (C=O) groups is 3. The number of nitrogens with zero attached hydrogens (tertiary/aromatic N) is 1. The van der Waals surface area contributed by atoms with Crippen molar-refractivity contribution in [1.82, 2.24) is 5.32 Å². The molecule has 2 heterocycles. The van der Waals surface area contributed by atoms with Crippen LogP contribution < -0.4 is 15.0 Å². The van der Waals surface area contributed by atoms with Crippen LogP contribution in [-0.2, 0) is 27.2 Å². The number of nitrogens with one attached hydrogen (secondary N) is 1. The molecule has 0 spiro atoms. The number of hydrogen-bond donors (Lipinski definition) is 3. The minimum atomic E-state index is -4.96. The van der Waals surface area contributed by atoms with Crippen LogP contribution in [0, 0.1) is 11.8 Å². The van der Waals surface area contributed by atoms with E-state index in [9.17, 15) is 37.8 Å². The Morgan fingerprint density at radius 1 is 1.08 bits per heavy atom. The van der Waals surface area contributed by atoms with Crippen LogP contribution >= 0.6 is 0 Å². The molecule has 3 N–H and O–H groups in total. The van der Waals surface area contributed by atoms with E-state index in [1.807, 2.05) is 13.8 Å². The van der Waals surface area contributed by atoms with Crippen molar-refractivity contribution >= 4 is 23.5 Å². The van der Waals surface area contributed by atoms with Crippen molar-refractivity contribution < 1.29 is 42.5 Å². The van der Waals surface area contributed by atoms with Crippen LogP contribution in [0.3, 0.4) is 0 Å². The first kappa shape index (κ1) is 25.6. The quantitative estimate of drug-likeness (QED) is 0.495. The van der Waals surface area contributed by atoms with Crippen molar-refractivity contribution in [3.05, 3.63) is 59.2 Å². The number of aliphatic hydroxyl groups excluding tert-OH is 1. The number of carbonyl (C=O) groups excluding carboxylic acids is 2. The number of benzene rings is 2. The largest absolute Gasteiger partial charge is 0.573 e. The summed E-state index contributed by atoms with van der Waals surface area (Å²) < 4.78 is 42.4. The molecular weight excluding hydrogens is 481 g/mol. The third kappa shape index (κ3) is 4.01. The van der Waals surface area contributed by atoms with Crippen molar-refractivity contribution in [2.45, 2.75) is 44.6 Å². The molecule has 0 bridgehead atoms. The van der Waals surface area contributed by atoms with Gasteiger partial charge in [-0.1, -0.05) is 44.2 Å². The fraction of sp³-hybridized carbons (Fsp3) is 0.400. The summed E-state index contributed by atoms with van der Waals surface area (Å²) in [6.45, 7) is 2.70. The first-order chi connectivity index (χ1) is 17.0. The molecule has 2 aliphatic heterocycles. The maximum atomic E-state index is 13.8. The van der Waals surface area contributed by atoms with E-state index in [0.717, 1.165) is 17.0 Å². The fourth-order valence-electron chi connectivity index (χ4n) is 5.33. The first-order valence-electron chi connectivity index (χ1n) is 11.4. The summed E-state index contributed by atoms with van der Waals surface area (Å²) in [5.74, 6) is -6.34. The van der Waals surface area contributed by atoms with Crippen LogP contribution in [0.15, 0.2) is 42.5 Å². The number of imide groups is 1. The Kier molecular flexibility index (Phi) is 6.56. The van der Waals surface area contributed by atoms with Crippen LogP contribution in [0.4, 0.5) is 18.9 Å². The van der Waals surface area contributed by atoms with Crippen LogP contribution in [0.25, 0.3) is 0 Å². The average Bonchev–Trinajstić information content (AvgIpc) is 3.31. The van der Waals surface area contributed by atoms with E-state index in [0.29, 0.717) is 29.7 Å². The Morgan fingerprint density at radius 2 is 1.69 bits per heavy atom. The average molecular weight is 506 g/mol. The second-order valence-electron chi connectivity index (χ2n) is 8.82. The summed E-state index contributed by atoms with van der Waals surface area (Å²) in [6, 6.07) is 8.96. The molecule has 8 nitrogen and oxygen atoms in total. The van der Waals surface area contributed by atoms with E-state index in [4.69, 9.17) is 0 Å². The molecule has 2 amide bonds. The highest BCUT2D eigenvalue weighted by Crippen LogP contribution is 2.51. The van der Waals surface area contributed by atoms with E-state index in [1.165, 1.54) is 12.1 Å². The molecule has 2 aromatic carbocycles. The van der Waals surface area contributed by atoms with Gasteiger partial charge in [0, 0.05) is 6.04 Å². The summed E-state index contributed by atoms with van der Waals surface area (Å²) in [5.41, 5.74) is -0.287. The molecule has 2 fully saturated rings. The number of halogens is 3. The van der Waals surface area contributed by atoms with Gasteiger partial charge in [0.05, 0.1) is 24.1 Å². The number of amides is 2. The number of hydrogen-bond acceptors (Lipinski definition) is 6. The SMILES string of the molecule is CCc1cccc(CC)c1N1C(=O)C2C(c3cccc(OC(F)(F)F)c3)NC(CO)(C(=O)O)C2C1=O. The van der Waals surface area contributed by atoms with Gasteiger partial charge in [-0.3, -0.25) is 19.7 Å². The van der Waals surface area contributed by atoms with Gasteiger partial charge in [-0.15, -0.1) is 13.2 Å². The van der Waals surface area contributed by atoms with Crippen molar-refractivity contribution in [2.75, 3.05) is 11.5 Å². The summed E-state index contributed by atoms with van der Waals surface area (Å²) in [7, 11) is 0. The van der Waals surface area contributed by atoms with Gasteiger partial charge < -0.3 is 14.9 Å². The highest BCUT2D eigenvalue weighted by molar-refractivity contribution is 6.25. The van der Waals surface area contributed by atoms with Gasteiger partial charge in [0.1, 0.15) is 5.75 Å². The molecule has 0 saturated carbocycles. The van der Waals surface area contributed by atoms with E-state index in [2.05, 4.69) is 10.1 Å². The number of alkyl halides is 3. The van der Waals surface area contributed by atoms with Crippen LogP contribution in [0.1, 0.15) is 36.6 Å². The van der Waals surface area contributed by atoms with E-state index >= 15 is 0 Å². The normalized spacial score (nSPS) is 25.8. The number of carboxylic acid groups (broad SMARTS) is 1. The maximum Gasteiger partial charge on any atom is 0.573 e. The zero-order chi connectivity index (χ0) is 26.4. The maximum absolute atomic E-state index is 13.8. The number of carboxylic acids is 1. The summed E-state index contributed by atoms with van der Waals surface area (Å²) in [5, 5.41) is 22.9. The molecule has 4 atom stereocenters. The van der Waals surface area contributed by atoms with Crippen molar-refractivity contribution in [3.8, 4) is 5.75 Å². The monoisotopic (exact) mass is 506 g/mol. The minimum absolute atomic E-state index is 0.116. The second-order valence-corrected chi connectivity index (χ2v) is 8.82. The number of para-hydroxylation sites is 1. The number of anilines is 1. The molecule has 4 unspecified atom stereocenters. The highest BCUT2D eigenvalue weighted by Gasteiger charge is 2.69. The molecule has 4 rings (SSSR count). The van der Waals surface area contributed by atoms with E-state index in [-0.39, 0.29) is 5.56 Å².